The summed E-state index contributed by atoms with van der Waals surface area (Å²) in [5.74, 6) is 0.803. The van der Waals surface area contributed by atoms with Gasteiger partial charge in [0.2, 0.25) is 0 Å². The summed E-state index contributed by atoms with van der Waals surface area (Å²) in [6, 6.07) is 5.85. The van der Waals surface area contributed by atoms with Crippen LogP contribution in [0.1, 0.15) is 30.9 Å². The average molecular weight is 333 g/mol. The molecule has 1 saturated heterocycles. The van der Waals surface area contributed by atoms with Gasteiger partial charge in [-0.3, -0.25) is 0 Å². The maximum atomic E-state index is 12.7. The Morgan fingerprint density at radius 3 is 3.08 bits per heavy atom. The Balaban J connectivity index is 1.64. The first-order valence-corrected chi connectivity index (χ1v) is 8.83. The monoisotopic (exact) mass is 333 g/mol. The minimum atomic E-state index is -0.0243. The summed E-state index contributed by atoms with van der Waals surface area (Å²) in [7, 11) is 0. The van der Waals surface area contributed by atoms with Crippen LogP contribution in [0.2, 0.25) is 0 Å². The maximum absolute atomic E-state index is 12.7. The Morgan fingerprint density at radius 1 is 1.42 bits per heavy atom. The highest BCUT2D eigenvalue weighted by molar-refractivity contribution is 5.74. The fourth-order valence-corrected chi connectivity index (χ4v) is 3.45. The third-order valence-corrected chi connectivity index (χ3v) is 4.85. The number of nitrogens with zero attached hydrogens (tertiary/aromatic N) is 2. The molecule has 2 N–H and O–H groups in total. The lowest BCUT2D eigenvalue weighted by Crippen LogP contribution is -2.51. The van der Waals surface area contributed by atoms with Gasteiger partial charge in [0.05, 0.1) is 19.7 Å². The maximum Gasteiger partial charge on any atom is 0.318 e. The number of fused-ring (bicyclic) bond motifs is 1. The number of piperidine rings is 1. The largest absolute Gasteiger partial charge is 0.491 e. The van der Waals surface area contributed by atoms with Crippen molar-refractivity contribution in [2.45, 2.75) is 39.0 Å². The number of urea groups is 1. The Kier molecular flexibility index (Phi) is 5.58. The average Bonchev–Trinajstić information content (AvgIpc) is 2.83. The highest BCUT2D eigenvalue weighted by Gasteiger charge is 2.25. The number of likely N-dealkylation sites (tertiary alicyclic amines) is 1. The zero-order chi connectivity index (χ0) is 16.9. The molecule has 0 saturated carbocycles. The highest BCUT2D eigenvalue weighted by Crippen LogP contribution is 2.24. The van der Waals surface area contributed by atoms with E-state index >= 15 is 0 Å². The van der Waals surface area contributed by atoms with E-state index in [1.807, 2.05) is 18.2 Å². The molecule has 0 unspecified atom stereocenters. The molecular weight excluding hydrogens is 306 g/mol. The number of nitrogens with one attached hydrogen (secondary N) is 1. The summed E-state index contributed by atoms with van der Waals surface area (Å²) in [5, 5.41) is 12.5. The minimum Gasteiger partial charge on any atom is -0.491 e. The van der Waals surface area contributed by atoms with Gasteiger partial charge in [0.15, 0.2) is 0 Å². The van der Waals surface area contributed by atoms with Gasteiger partial charge in [-0.1, -0.05) is 13.0 Å². The fourth-order valence-electron chi connectivity index (χ4n) is 3.45. The number of benzene rings is 1. The van der Waals surface area contributed by atoms with Crippen molar-refractivity contribution in [2.75, 3.05) is 32.8 Å². The predicted octanol–water partition coefficient (Wildman–Crippen LogP) is 1.57. The minimum absolute atomic E-state index is 0.00555. The fraction of sp³-hybridized carbons (Fsp3) is 0.611. The van der Waals surface area contributed by atoms with Crippen molar-refractivity contribution in [3.05, 3.63) is 29.3 Å². The van der Waals surface area contributed by atoms with Crippen LogP contribution < -0.4 is 10.1 Å². The lowest BCUT2D eigenvalue weighted by atomic mass is 10.1. The smallest absolute Gasteiger partial charge is 0.318 e. The molecule has 2 amide bonds. The molecule has 6 heteroatoms. The Bertz CT molecular complexity index is 579. The highest BCUT2D eigenvalue weighted by atomic mass is 16.5. The van der Waals surface area contributed by atoms with Crippen LogP contribution in [0.5, 0.6) is 5.75 Å². The molecular formula is C18H27N3O3. The summed E-state index contributed by atoms with van der Waals surface area (Å²) >= 11 is 0. The number of aliphatic hydroxyl groups is 1. The van der Waals surface area contributed by atoms with Gasteiger partial charge in [-0.05, 0) is 43.6 Å². The first-order valence-electron chi connectivity index (χ1n) is 8.83. The van der Waals surface area contributed by atoms with Crippen molar-refractivity contribution in [1.82, 2.24) is 15.1 Å². The summed E-state index contributed by atoms with van der Waals surface area (Å²) in [4.78, 5) is 16.9. The third kappa shape index (κ3) is 3.99. The Labute approximate surface area is 143 Å². The van der Waals surface area contributed by atoms with Crippen LogP contribution in [-0.4, -0.2) is 59.8 Å². The van der Waals surface area contributed by atoms with Crippen molar-refractivity contribution in [2.24, 2.45) is 0 Å². The predicted molar refractivity (Wildman–Crippen MR) is 91.9 cm³/mol. The number of ether oxygens (including phenoxy) is 1. The van der Waals surface area contributed by atoms with Crippen molar-refractivity contribution < 1.29 is 14.6 Å². The van der Waals surface area contributed by atoms with Gasteiger partial charge >= 0.3 is 6.03 Å². The molecule has 24 heavy (non-hydrogen) atoms. The molecule has 0 radical (unpaired) electrons. The van der Waals surface area contributed by atoms with Crippen LogP contribution in [0.15, 0.2) is 18.2 Å². The molecule has 2 aliphatic heterocycles. The lowest BCUT2D eigenvalue weighted by Gasteiger charge is -2.33. The van der Waals surface area contributed by atoms with Crippen molar-refractivity contribution in [1.29, 1.82) is 0 Å². The number of likely N-dealkylation sites (N-methyl/N-ethyl adjacent to an activating group) is 1. The van der Waals surface area contributed by atoms with Gasteiger partial charge < -0.3 is 25.0 Å². The number of carbonyl (C=O) groups is 1. The van der Waals surface area contributed by atoms with Gasteiger partial charge in [0, 0.05) is 18.2 Å². The number of hydrogen-bond donors (Lipinski definition) is 2. The van der Waals surface area contributed by atoms with Crippen molar-refractivity contribution in [3.63, 3.8) is 0 Å². The number of amides is 2. The van der Waals surface area contributed by atoms with E-state index < -0.39 is 0 Å². The normalized spacial score (nSPS) is 21.6. The van der Waals surface area contributed by atoms with Crippen LogP contribution in [0, 0.1) is 0 Å². The van der Waals surface area contributed by atoms with Gasteiger partial charge in [0.1, 0.15) is 12.4 Å². The molecule has 1 aromatic rings. The van der Waals surface area contributed by atoms with E-state index in [2.05, 4.69) is 17.1 Å². The zero-order valence-electron chi connectivity index (χ0n) is 14.3. The summed E-state index contributed by atoms with van der Waals surface area (Å²) < 4.78 is 5.74. The van der Waals surface area contributed by atoms with E-state index in [4.69, 9.17) is 4.74 Å². The van der Waals surface area contributed by atoms with E-state index in [0.717, 1.165) is 49.4 Å². The second-order valence-electron chi connectivity index (χ2n) is 6.55. The van der Waals surface area contributed by atoms with E-state index in [1.54, 1.807) is 4.90 Å². The van der Waals surface area contributed by atoms with Gasteiger partial charge in [0.25, 0.3) is 0 Å². The molecule has 0 bridgehead atoms. The molecule has 2 aliphatic rings. The number of aliphatic hydroxyl groups excluding tert-OH is 1. The molecule has 0 aliphatic carbocycles. The van der Waals surface area contributed by atoms with Crippen molar-refractivity contribution in [3.8, 4) is 5.75 Å². The second-order valence-corrected chi connectivity index (χ2v) is 6.55. The molecule has 1 atom stereocenters. The molecule has 2 heterocycles. The Hall–Kier alpha value is -1.79. The van der Waals surface area contributed by atoms with Crippen LogP contribution in [0.4, 0.5) is 4.79 Å². The number of carbonyl (C=O) groups excluding carboxylic acids is 1. The second kappa shape index (κ2) is 7.85. The zero-order valence-corrected chi connectivity index (χ0v) is 14.3. The Morgan fingerprint density at radius 2 is 2.29 bits per heavy atom. The molecule has 1 aromatic carbocycles. The summed E-state index contributed by atoms with van der Waals surface area (Å²) in [6.45, 7) is 6.81. The van der Waals surface area contributed by atoms with Crippen LogP contribution in [0.3, 0.4) is 0 Å². The summed E-state index contributed by atoms with van der Waals surface area (Å²) in [6.07, 6.45) is 2.17. The summed E-state index contributed by atoms with van der Waals surface area (Å²) in [5.41, 5.74) is 1.79. The van der Waals surface area contributed by atoms with E-state index in [-0.39, 0.29) is 18.7 Å². The molecule has 132 valence electrons. The van der Waals surface area contributed by atoms with E-state index in [9.17, 15) is 9.90 Å². The van der Waals surface area contributed by atoms with Crippen LogP contribution in [-0.2, 0) is 13.2 Å². The molecule has 1 fully saturated rings. The van der Waals surface area contributed by atoms with E-state index in [0.29, 0.717) is 19.7 Å². The van der Waals surface area contributed by atoms with Gasteiger partial charge in [-0.15, -0.1) is 0 Å². The molecule has 3 rings (SSSR count). The van der Waals surface area contributed by atoms with Crippen LogP contribution in [0.25, 0.3) is 0 Å². The van der Waals surface area contributed by atoms with Crippen LogP contribution >= 0.6 is 0 Å². The SMILES string of the molecule is CCN1CCC[C@H](NC(=O)N2CCOc3ccc(CO)cc3C2)C1. The first-order chi connectivity index (χ1) is 11.7. The standard InChI is InChI=1S/C18H27N3O3/c1-2-20-7-3-4-16(12-20)19-18(23)21-8-9-24-17-6-5-14(13-22)10-15(17)11-21/h5-6,10,16,22H,2-4,7-9,11-13H2,1H3,(H,19,23)/t16-/m0/s1. The number of hydrogen-bond acceptors (Lipinski definition) is 4. The quantitative estimate of drug-likeness (QED) is 0.881. The topological polar surface area (TPSA) is 65.0 Å². The lowest BCUT2D eigenvalue weighted by molar-refractivity contribution is 0.164. The van der Waals surface area contributed by atoms with Gasteiger partial charge in [-0.2, -0.15) is 0 Å². The number of rotatable bonds is 3. The molecule has 0 spiro atoms. The molecule has 6 nitrogen and oxygen atoms in total. The van der Waals surface area contributed by atoms with E-state index in [1.165, 1.54) is 0 Å². The van der Waals surface area contributed by atoms with Gasteiger partial charge in [-0.25, -0.2) is 4.79 Å². The third-order valence-electron chi connectivity index (χ3n) is 4.85. The molecule has 0 aromatic heterocycles. The first kappa shape index (κ1) is 17.0. The van der Waals surface area contributed by atoms with Crippen molar-refractivity contribution >= 4 is 6.03 Å².